The molecule has 2 unspecified atom stereocenters. The van der Waals surface area contributed by atoms with Crippen LogP contribution in [0, 0.1) is 11.3 Å². The molecule has 19 heavy (non-hydrogen) atoms. The molecule has 5 heteroatoms. The minimum absolute atomic E-state index is 0.341. The van der Waals surface area contributed by atoms with Crippen LogP contribution in [0.1, 0.15) is 33.1 Å². The summed E-state index contributed by atoms with van der Waals surface area (Å²) in [6.45, 7) is 7.19. The van der Waals surface area contributed by atoms with Gasteiger partial charge in [0.25, 0.3) is 0 Å². The first-order chi connectivity index (χ1) is 8.81. The second-order valence-corrected chi connectivity index (χ2v) is 9.32. The molecule has 1 aliphatic heterocycles. The van der Waals surface area contributed by atoms with E-state index in [4.69, 9.17) is 0 Å². The molecule has 0 aromatic carbocycles. The molecule has 2 rings (SSSR count). The molecule has 1 saturated heterocycles. The van der Waals surface area contributed by atoms with E-state index in [1.165, 1.54) is 19.3 Å². The van der Waals surface area contributed by atoms with Gasteiger partial charge in [0, 0.05) is 25.7 Å². The molecule has 1 aliphatic carbocycles. The molecule has 0 spiro atoms. The fraction of sp³-hybridized carbons (Fsp3) is 1.00. The van der Waals surface area contributed by atoms with Crippen LogP contribution in [0.3, 0.4) is 0 Å². The van der Waals surface area contributed by atoms with E-state index in [-0.39, 0.29) is 0 Å². The van der Waals surface area contributed by atoms with E-state index in [2.05, 4.69) is 31.1 Å². The summed E-state index contributed by atoms with van der Waals surface area (Å²) in [7, 11) is -0.703. The fourth-order valence-electron chi connectivity index (χ4n) is 3.57. The summed E-state index contributed by atoms with van der Waals surface area (Å²) in [5.41, 5.74) is 0.430. The highest BCUT2D eigenvalue weighted by molar-refractivity contribution is 7.91. The predicted octanol–water partition coefficient (Wildman–Crippen LogP) is 1.13. The largest absolute Gasteiger partial charge is 0.317 e. The average Bonchev–Trinajstić information content (AvgIpc) is 2.31. The number of rotatable bonds is 3. The number of hydrogen-bond donors (Lipinski definition) is 1. The third-order valence-electron chi connectivity index (χ3n) is 4.82. The van der Waals surface area contributed by atoms with Gasteiger partial charge in [-0.3, -0.25) is 0 Å². The maximum absolute atomic E-state index is 11.5. The lowest BCUT2D eigenvalue weighted by molar-refractivity contribution is 0.106. The van der Waals surface area contributed by atoms with E-state index in [9.17, 15) is 8.42 Å². The molecule has 0 bridgehead atoms. The molecule has 112 valence electrons. The van der Waals surface area contributed by atoms with E-state index in [1.54, 1.807) is 0 Å². The molecule has 0 radical (unpaired) electrons. The van der Waals surface area contributed by atoms with Crippen LogP contribution in [0.5, 0.6) is 0 Å². The highest BCUT2D eigenvalue weighted by atomic mass is 32.2. The zero-order chi connectivity index (χ0) is 14.1. The number of sulfone groups is 1. The van der Waals surface area contributed by atoms with Crippen molar-refractivity contribution in [3.63, 3.8) is 0 Å². The van der Waals surface area contributed by atoms with Crippen LogP contribution in [0.25, 0.3) is 0 Å². The van der Waals surface area contributed by atoms with Crippen LogP contribution >= 0.6 is 0 Å². The molecule has 1 N–H and O–H groups in total. The Balaban J connectivity index is 1.92. The minimum atomic E-state index is -2.76. The Morgan fingerprint density at radius 3 is 2.47 bits per heavy atom. The molecule has 0 aromatic rings. The summed E-state index contributed by atoms with van der Waals surface area (Å²) >= 11 is 0. The lowest BCUT2D eigenvalue weighted by Crippen LogP contribution is -2.49. The highest BCUT2D eigenvalue weighted by Gasteiger charge is 2.35. The van der Waals surface area contributed by atoms with Gasteiger partial charge in [-0.1, -0.05) is 13.8 Å². The molecular weight excluding hydrogens is 260 g/mol. The van der Waals surface area contributed by atoms with Gasteiger partial charge in [-0.25, -0.2) is 8.42 Å². The fourth-order valence-corrected chi connectivity index (χ4v) is 4.85. The maximum atomic E-state index is 11.5. The zero-order valence-corrected chi connectivity index (χ0v) is 13.3. The van der Waals surface area contributed by atoms with Crippen molar-refractivity contribution < 1.29 is 8.42 Å². The SMILES string of the molecule is CNC1CCC(C)(C)CC1CN1CCS(=O)(=O)CC1. The van der Waals surface area contributed by atoms with Crippen molar-refractivity contribution in [1.82, 2.24) is 10.2 Å². The van der Waals surface area contributed by atoms with Gasteiger partial charge in [0.2, 0.25) is 0 Å². The second kappa shape index (κ2) is 5.70. The summed E-state index contributed by atoms with van der Waals surface area (Å²) in [4.78, 5) is 2.34. The third kappa shape index (κ3) is 4.17. The molecule has 2 atom stereocenters. The molecule has 2 aliphatic rings. The number of hydrogen-bond acceptors (Lipinski definition) is 4. The lowest BCUT2D eigenvalue weighted by Gasteiger charge is -2.43. The van der Waals surface area contributed by atoms with Gasteiger partial charge in [0.05, 0.1) is 11.5 Å². The monoisotopic (exact) mass is 288 g/mol. The molecule has 4 nitrogen and oxygen atoms in total. The quantitative estimate of drug-likeness (QED) is 0.846. The van der Waals surface area contributed by atoms with E-state index in [1.807, 2.05) is 0 Å². The van der Waals surface area contributed by atoms with Gasteiger partial charge >= 0.3 is 0 Å². The van der Waals surface area contributed by atoms with E-state index < -0.39 is 9.84 Å². The normalized spacial score (nSPS) is 35.1. The van der Waals surface area contributed by atoms with Crippen LogP contribution in [0.4, 0.5) is 0 Å². The van der Waals surface area contributed by atoms with Crippen molar-refractivity contribution in [3.05, 3.63) is 0 Å². The van der Waals surface area contributed by atoms with Crippen LogP contribution in [0.2, 0.25) is 0 Å². The summed E-state index contributed by atoms with van der Waals surface area (Å²) < 4.78 is 22.9. The Bertz CT molecular complexity index is 392. The van der Waals surface area contributed by atoms with E-state index in [0.717, 1.165) is 19.6 Å². The number of nitrogens with one attached hydrogen (secondary N) is 1. The molecule has 2 fully saturated rings. The Hall–Kier alpha value is -0.130. The van der Waals surface area contributed by atoms with Crippen molar-refractivity contribution in [2.24, 2.45) is 11.3 Å². The molecule has 1 heterocycles. The van der Waals surface area contributed by atoms with Crippen molar-refractivity contribution in [3.8, 4) is 0 Å². The van der Waals surface area contributed by atoms with Crippen LogP contribution < -0.4 is 5.32 Å². The Morgan fingerprint density at radius 2 is 1.89 bits per heavy atom. The highest BCUT2D eigenvalue weighted by Crippen LogP contribution is 2.39. The zero-order valence-electron chi connectivity index (χ0n) is 12.5. The van der Waals surface area contributed by atoms with Crippen molar-refractivity contribution in [2.45, 2.75) is 39.2 Å². The standard InChI is InChI=1S/C14H28N2O2S/c1-14(2)5-4-13(15-3)12(10-14)11-16-6-8-19(17,18)9-7-16/h12-13,15H,4-11H2,1-3H3. The third-order valence-corrected chi connectivity index (χ3v) is 6.43. The Kier molecular flexibility index (Phi) is 4.58. The summed E-state index contributed by atoms with van der Waals surface area (Å²) in [6, 6.07) is 0.589. The first kappa shape index (κ1) is 15.3. The van der Waals surface area contributed by atoms with Gasteiger partial charge in [-0.05, 0) is 37.6 Å². The number of nitrogens with zero attached hydrogens (tertiary/aromatic N) is 1. The molecular formula is C14H28N2O2S. The van der Waals surface area contributed by atoms with Crippen LogP contribution in [-0.4, -0.2) is 57.5 Å². The molecule has 0 amide bonds. The van der Waals surface area contributed by atoms with Gasteiger partial charge in [0.1, 0.15) is 0 Å². The van der Waals surface area contributed by atoms with E-state index >= 15 is 0 Å². The maximum Gasteiger partial charge on any atom is 0.152 e. The van der Waals surface area contributed by atoms with Gasteiger partial charge in [-0.2, -0.15) is 0 Å². The van der Waals surface area contributed by atoms with Crippen LogP contribution in [0.15, 0.2) is 0 Å². The summed E-state index contributed by atoms with van der Waals surface area (Å²) in [5, 5.41) is 3.45. The predicted molar refractivity (Wildman–Crippen MR) is 79.1 cm³/mol. The topological polar surface area (TPSA) is 49.4 Å². The summed E-state index contributed by atoms with van der Waals surface area (Å²) in [6.07, 6.45) is 3.76. The van der Waals surface area contributed by atoms with Crippen molar-refractivity contribution >= 4 is 9.84 Å². The van der Waals surface area contributed by atoms with Crippen molar-refractivity contribution in [2.75, 3.05) is 38.2 Å². The van der Waals surface area contributed by atoms with Gasteiger partial charge in [-0.15, -0.1) is 0 Å². The minimum Gasteiger partial charge on any atom is -0.317 e. The smallest absolute Gasteiger partial charge is 0.152 e. The lowest BCUT2D eigenvalue weighted by atomic mass is 9.69. The van der Waals surface area contributed by atoms with E-state index in [0.29, 0.717) is 28.9 Å². The molecule has 0 aromatic heterocycles. The van der Waals surface area contributed by atoms with Crippen molar-refractivity contribution in [1.29, 1.82) is 0 Å². The second-order valence-electron chi connectivity index (χ2n) is 7.01. The van der Waals surface area contributed by atoms with Crippen LogP contribution in [-0.2, 0) is 9.84 Å². The summed E-state index contributed by atoms with van der Waals surface area (Å²) in [5.74, 6) is 1.33. The first-order valence-corrected chi connectivity index (χ1v) is 9.23. The Morgan fingerprint density at radius 1 is 1.26 bits per heavy atom. The average molecular weight is 288 g/mol. The molecule has 1 saturated carbocycles. The Labute approximate surface area is 117 Å². The van der Waals surface area contributed by atoms with Gasteiger partial charge in [0.15, 0.2) is 9.84 Å². The first-order valence-electron chi connectivity index (χ1n) is 7.41. The van der Waals surface area contributed by atoms with Gasteiger partial charge < -0.3 is 10.2 Å².